The Balaban J connectivity index is 2.00. The lowest BCUT2D eigenvalue weighted by Gasteiger charge is -2.17. The SMILES string of the molecule is CCCn1ncc(Br)c1C(O)c1ccccc1C1CC1. The highest BCUT2D eigenvalue weighted by Crippen LogP contribution is 2.44. The Bertz CT molecular complexity index is 604. The topological polar surface area (TPSA) is 38.0 Å². The number of aryl methyl sites for hydroxylation is 1. The quantitative estimate of drug-likeness (QED) is 0.896. The Morgan fingerprint density at radius 2 is 2.15 bits per heavy atom. The Hall–Kier alpha value is -1.13. The Morgan fingerprint density at radius 3 is 2.85 bits per heavy atom. The molecule has 3 rings (SSSR count). The third kappa shape index (κ3) is 2.54. The molecule has 0 radical (unpaired) electrons. The van der Waals surface area contributed by atoms with Gasteiger partial charge in [0.1, 0.15) is 6.10 Å². The van der Waals surface area contributed by atoms with Crippen molar-refractivity contribution >= 4 is 15.9 Å². The lowest BCUT2D eigenvalue weighted by Crippen LogP contribution is -2.12. The van der Waals surface area contributed by atoms with Crippen LogP contribution in [0.4, 0.5) is 0 Å². The van der Waals surface area contributed by atoms with Crippen LogP contribution in [0.3, 0.4) is 0 Å². The standard InChI is InChI=1S/C16H19BrN2O/c1-2-9-19-15(14(17)10-18-19)16(20)13-6-4-3-5-12(13)11-7-8-11/h3-6,10-11,16,20H,2,7-9H2,1H3. The molecule has 1 heterocycles. The number of rotatable bonds is 5. The van der Waals surface area contributed by atoms with Crippen LogP contribution in [0.2, 0.25) is 0 Å². The first-order valence-electron chi connectivity index (χ1n) is 7.20. The van der Waals surface area contributed by atoms with Crippen molar-refractivity contribution in [2.45, 2.75) is 44.8 Å². The molecule has 1 fully saturated rings. The molecule has 1 N–H and O–H groups in total. The van der Waals surface area contributed by atoms with Gasteiger partial charge < -0.3 is 5.11 Å². The van der Waals surface area contributed by atoms with E-state index in [4.69, 9.17) is 0 Å². The molecule has 106 valence electrons. The van der Waals surface area contributed by atoms with E-state index in [0.29, 0.717) is 5.92 Å². The number of aliphatic hydroxyl groups is 1. The summed E-state index contributed by atoms with van der Waals surface area (Å²) in [5.74, 6) is 0.627. The monoisotopic (exact) mass is 334 g/mol. The molecule has 1 saturated carbocycles. The summed E-state index contributed by atoms with van der Waals surface area (Å²) in [5, 5.41) is 15.2. The van der Waals surface area contributed by atoms with Crippen LogP contribution in [-0.2, 0) is 6.54 Å². The van der Waals surface area contributed by atoms with Gasteiger partial charge in [-0.15, -0.1) is 0 Å². The predicted molar refractivity (Wildman–Crippen MR) is 82.7 cm³/mol. The molecule has 0 amide bonds. The molecule has 1 aromatic carbocycles. The molecule has 0 saturated heterocycles. The van der Waals surface area contributed by atoms with E-state index in [1.165, 1.54) is 18.4 Å². The number of aromatic nitrogens is 2. The molecule has 0 spiro atoms. The van der Waals surface area contributed by atoms with Crippen molar-refractivity contribution in [2.24, 2.45) is 0 Å². The van der Waals surface area contributed by atoms with E-state index in [9.17, 15) is 5.11 Å². The van der Waals surface area contributed by atoms with E-state index in [1.54, 1.807) is 6.20 Å². The largest absolute Gasteiger partial charge is 0.382 e. The first-order valence-corrected chi connectivity index (χ1v) is 7.99. The van der Waals surface area contributed by atoms with Gasteiger partial charge in [0.2, 0.25) is 0 Å². The molecule has 0 aliphatic heterocycles. The van der Waals surface area contributed by atoms with E-state index in [2.05, 4.69) is 40.1 Å². The summed E-state index contributed by atoms with van der Waals surface area (Å²) in [7, 11) is 0. The number of aliphatic hydroxyl groups excluding tert-OH is 1. The first kappa shape index (κ1) is 13.8. The van der Waals surface area contributed by atoms with Gasteiger partial charge in [-0.2, -0.15) is 5.10 Å². The average Bonchev–Trinajstić information content (AvgIpc) is 3.24. The van der Waals surface area contributed by atoms with E-state index in [1.807, 2.05) is 16.8 Å². The van der Waals surface area contributed by atoms with Crippen LogP contribution in [0, 0.1) is 0 Å². The van der Waals surface area contributed by atoms with Gasteiger partial charge in [-0.05, 0) is 52.2 Å². The second-order valence-corrected chi connectivity index (χ2v) is 6.26. The zero-order valence-electron chi connectivity index (χ0n) is 11.6. The molecule has 1 aliphatic carbocycles. The van der Waals surface area contributed by atoms with Crippen molar-refractivity contribution in [3.05, 3.63) is 51.8 Å². The number of hydrogen-bond donors (Lipinski definition) is 1. The number of nitrogens with zero attached hydrogens (tertiary/aromatic N) is 2. The average molecular weight is 335 g/mol. The van der Waals surface area contributed by atoms with Crippen molar-refractivity contribution in [3.8, 4) is 0 Å². The minimum Gasteiger partial charge on any atom is -0.382 e. The van der Waals surface area contributed by atoms with Gasteiger partial charge in [-0.25, -0.2) is 0 Å². The highest BCUT2D eigenvalue weighted by molar-refractivity contribution is 9.10. The maximum absolute atomic E-state index is 10.8. The Labute approximate surface area is 127 Å². The third-order valence-corrected chi connectivity index (χ3v) is 4.45. The zero-order chi connectivity index (χ0) is 14.1. The lowest BCUT2D eigenvalue weighted by atomic mass is 9.97. The van der Waals surface area contributed by atoms with Crippen molar-refractivity contribution in [1.29, 1.82) is 0 Å². The van der Waals surface area contributed by atoms with Gasteiger partial charge >= 0.3 is 0 Å². The summed E-state index contributed by atoms with van der Waals surface area (Å²) in [6.07, 6.45) is 4.62. The van der Waals surface area contributed by atoms with Crippen molar-refractivity contribution in [2.75, 3.05) is 0 Å². The van der Waals surface area contributed by atoms with E-state index in [0.717, 1.165) is 28.7 Å². The number of halogens is 1. The number of hydrogen-bond acceptors (Lipinski definition) is 2. The Morgan fingerprint density at radius 1 is 1.40 bits per heavy atom. The molecule has 2 aromatic rings. The molecule has 1 aliphatic rings. The van der Waals surface area contributed by atoms with Crippen LogP contribution in [-0.4, -0.2) is 14.9 Å². The summed E-state index contributed by atoms with van der Waals surface area (Å²) in [6, 6.07) is 8.24. The van der Waals surface area contributed by atoms with Gasteiger partial charge in [-0.1, -0.05) is 31.2 Å². The summed E-state index contributed by atoms with van der Waals surface area (Å²) in [6.45, 7) is 2.94. The number of benzene rings is 1. The van der Waals surface area contributed by atoms with Gasteiger partial charge in [0.15, 0.2) is 0 Å². The lowest BCUT2D eigenvalue weighted by molar-refractivity contribution is 0.205. The van der Waals surface area contributed by atoms with Gasteiger partial charge in [0.05, 0.1) is 16.4 Å². The van der Waals surface area contributed by atoms with Gasteiger partial charge in [0.25, 0.3) is 0 Å². The molecule has 4 heteroatoms. The molecule has 1 aromatic heterocycles. The second kappa shape index (κ2) is 5.70. The molecule has 0 bridgehead atoms. The fraction of sp³-hybridized carbons (Fsp3) is 0.438. The first-order chi connectivity index (χ1) is 9.72. The second-order valence-electron chi connectivity index (χ2n) is 5.41. The minimum atomic E-state index is -0.616. The minimum absolute atomic E-state index is 0.616. The van der Waals surface area contributed by atoms with Crippen molar-refractivity contribution < 1.29 is 5.11 Å². The maximum Gasteiger partial charge on any atom is 0.122 e. The fourth-order valence-corrected chi connectivity index (χ4v) is 3.22. The van der Waals surface area contributed by atoms with Crippen LogP contribution in [0.15, 0.2) is 34.9 Å². The Kier molecular flexibility index (Phi) is 3.94. The van der Waals surface area contributed by atoms with Crippen molar-refractivity contribution in [3.63, 3.8) is 0 Å². The third-order valence-electron chi connectivity index (χ3n) is 3.84. The van der Waals surface area contributed by atoms with E-state index < -0.39 is 6.10 Å². The zero-order valence-corrected chi connectivity index (χ0v) is 13.2. The van der Waals surface area contributed by atoms with Crippen LogP contribution in [0.1, 0.15) is 55.0 Å². The molecule has 3 nitrogen and oxygen atoms in total. The van der Waals surface area contributed by atoms with Crippen LogP contribution in [0.25, 0.3) is 0 Å². The summed E-state index contributed by atoms with van der Waals surface area (Å²) >= 11 is 3.52. The highest BCUT2D eigenvalue weighted by atomic mass is 79.9. The fourth-order valence-electron chi connectivity index (χ4n) is 2.71. The molecule has 1 atom stereocenters. The predicted octanol–water partition coefficient (Wildman–Crippen LogP) is 4.01. The van der Waals surface area contributed by atoms with Crippen LogP contribution >= 0.6 is 15.9 Å². The van der Waals surface area contributed by atoms with E-state index >= 15 is 0 Å². The van der Waals surface area contributed by atoms with Crippen molar-refractivity contribution in [1.82, 2.24) is 9.78 Å². The van der Waals surface area contributed by atoms with Crippen LogP contribution < -0.4 is 0 Å². The van der Waals surface area contributed by atoms with Gasteiger partial charge in [0, 0.05) is 6.54 Å². The summed E-state index contributed by atoms with van der Waals surface area (Å²) < 4.78 is 2.78. The maximum atomic E-state index is 10.8. The normalized spacial score (nSPS) is 16.4. The summed E-state index contributed by atoms with van der Waals surface area (Å²) in [4.78, 5) is 0. The van der Waals surface area contributed by atoms with Gasteiger partial charge in [-0.3, -0.25) is 4.68 Å². The van der Waals surface area contributed by atoms with Crippen LogP contribution in [0.5, 0.6) is 0 Å². The molecular formula is C16H19BrN2O. The highest BCUT2D eigenvalue weighted by Gasteiger charge is 2.29. The molecule has 1 unspecified atom stereocenters. The van der Waals surface area contributed by atoms with E-state index in [-0.39, 0.29) is 0 Å². The smallest absolute Gasteiger partial charge is 0.122 e. The molecule has 20 heavy (non-hydrogen) atoms. The summed E-state index contributed by atoms with van der Waals surface area (Å²) in [5.41, 5.74) is 3.17. The molecular weight excluding hydrogens is 316 g/mol.